The molecule has 140 valence electrons. The van der Waals surface area contributed by atoms with Gasteiger partial charge in [-0.1, -0.05) is 47.0 Å². The molecule has 4 nitrogen and oxygen atoms in total. The van der Waals surface area contributed by atoms with Gasteiger partial charge in [0.15, 0.2) is 11.5 Å². The fourth-order valence-electron chi connectivity index (χ4n) is 3.54. The van der Waals surface area contributed by atoms with Crippen LogP contribution in [-0.4, -0.2) is 18.6 Å². The number of carbonyl (C=O) groups is 1. The maximum Gasteiger partial charge on any atom is 0.177 e. The summed E-state index contributed by atoms with van der Waals surface area (Å²) in [5.41, 5.74) is 8.89. The summed E-state index contributed by atoms with van der Waals surface area (Å²) in [5, 5.41) is 3.81. The van der Waals surface area contributed by atoms with Gasteiger partial charge < -0.3 is 15.8 Å². The van der Waals surface area contributed by atoms with Crippen molar-refractivity contribution in [3.05, 3.63) is 82.4 Å². The standard InChI is InChI=1S/C22H23ClN2O2/c1-14-12-22(27-3,25-19-11-7-6-10-18(19)24)13-15(2)20(14)21(26)16-8-4-5-9-17(16)23/h4-13,20,25H,24H2,1-3H3. The van der Waals surface area contributed by atoms with Gasteiger partial charge in [-0.05, 0) is 50.3 Å². The van der Waals surface area contributed by atoms with Crippen LogP contribution in [0.3, 0.4) is 0 Å². The molecule has 0 saturated heterocycles. The van der Waals surface area contributed by atoms with Crippen molar-refractivity contribution < 1.29 is 9.53 Å². The van der Waals surface area contributed by atoms with Gasteiger partial charge >= 0.3 is 0 Å². The van der Waals surface area contributed by atoms with Gasteiger partial charge in [0.2, 0.25) is 0 Å². The minimum atomic E-state index is -0.874. The number of ether oxygens (including phenoxy) is 1. The molecule has 2 aromatic carbocycles. The van der Waals surface area contributed by atoms with Crippen LogP contribution >= 0.6 is 11.6 Å². The second-order valence-corrected chi connectivity index (χ2v) is 7.17. The number of allylic oxidation sites excluding steroid dienone is 2. The summed E-state index contributed by atoms with van der Waals surface area (Å²) >= 11 is 6.23. The molecule has 5 heteroatoms. The Balaban J connectivity index is 1.96. The molecule has 0 radical (unpaired) electrons. The highest BCUT2D eigenvalue weighted by Gasteiger charge is 2.36. The Bertz CT molecular complexity index is 913. The molecular weight excluding hydrogens is 360 g/mol. The molecule has 0 bridgehead atoms. The molecule has 1 aliphatic rings. The van der Waals surface area contributed by atoms with E-state index in [1.807, 2.05) is 62.4 Å². The maximum absolute atomic E-state index is 13.1. The van der Waals surface area contributed by atoms with Gasteiger partial charge in [0.05, 0.1) is 22.3 Å². The summed E-state index contributed by atoms with van der Waals surface area (Å²) in [6, 6.07) is 14.6. The zero-order valence-corrected chi connectivity index (χ0v) is 16.4. The van der Waals surface area contributed by atoms with Crippen LogP contribution in [0, 0.1) is 5.92 Å². The normalized spacial score (nSPS) is 22.0. The maximum atomic E-state index is 13.1. The highest BCUT2D eigenvalue weighted by Crippen LogP contribution is 2.36. The number of halogens is 1. The molecule has 0 heterocycles. The Hall–Kier alpha value is -2.56. The molecular formula is C22H23ClN2O2. The predicted octanol–water partition coefficient (Wildman–Crippen LogP) is 5.08. The Kier molecular flexibility index (Phi) is 5.40. The lowest BCUT2D eigenvalue weighted by molar-refractivity contribution is 0.0884. The number of para-hydroxylation sites is 2. The average molecular weight is 383 g/mol. The monoisotopic (exact) mass is 382 g/mol. The summed E-state index contributed by atoms with van der Waals surface area (Å²) in [5.74, 6) is -0.393. The van der Waals surface area contributed by atoms with E-state index in [-0.39, 0.29) is 11.7 Å². The van der Waals surface area contributed by atoms with Crippen LogP contribution in [0.2, 0.25) is 5.02 Å². The van der Waals surface area contributed by atoms with Crippen molar-refractivity contribution in [3.8, 4) is 0 Å². The summed E-state index contributed by atoms with van der Waals surface area (Å²) in [6.07, 6.45) is 3.84. The van der Waals surface area contributed by atoms with E-state index in [0.29, 0.717) is 16.3 Å². The molecule has 27 heavy (non-hydrogen) atoms. The van der Waals surface area contributed by atoms with Crippen molar-refractivity contribution in [2.24, 2.45) is 5.92 Å². The van der Waals surface area contributed by atoms with Crippen molar-refractivity contribution in [2.75, 3.05) is 18.2 Å². The molecule has 3 rings (SSSR count). The van der Waals surface area contributed by atoms with Crippen molar-refractivity contribution in [1.29, 1.82) is 0 Å². The molecule has 0 aliphatic heterocycles. The molecule has 3 N–H and O–H groups in total. The van der Waals surface area contributed by atoms with E-state index in [2.05, 4.69) is 5.32 Å². The lowest BCUT2D eigenvalue weighted by Crippen LogP contribution is -2.40. The Morgan fingerprint density at radius 3 is 2.26 bits per heavy atom. The average Bonchev–Trinajstić information content (AvgIpc) is 2.63. The number of nitrogens with two attached hydrogens (primary N) is 1. The molecule has 0 unspecified atom stereocenters. The highest BCUT2D eigenvalue weighted by molar-refractivity contribution is 6.34. The van der Waals surface area contributed by atoms with Crippen LogP contribution in [0.4, 0.5) is 11.4 Å². The van der Waals surface area contributed by atoms with Gasteiger partial charge in [-0.15, -0.1) is 0 Å². The van der Waals surface area contributed by atoms with E-state index in [4.69, 9.17) is 22.1 Å². The van der Waals surface area contributed by atoms with Crippen LogP contribution in [-0.2, 0) is 4.74 Å². The van der Waals surface area contributed by atoms with E-state index < -0.39 is 5.72 Å². The first-order valence-corrected chi connectivity index (χ1v) is 9.10. The first-order valence-electron chi connectivity index (χ1n) is 8.72. The molecule has 1 aliphatic carbocycles. The Morgan fingerprint density at radius 1 is 1.07 bits per heavy atom. The number of anilines is 2. The third-order valence-electron chi connectivity index (χ3n) is 4.82. The predicted molar refractivity (Wildman–Crippen MR) is 111 cm³/mol. The van der Waals surface area contributed by atoms with Gasteiger partial charge in [-0.25, -0.2) is 0 Å². The van der Waals surface area contributed by atoms with Crippen LogP contribution in [0.5, 0.6) is 0 Å². The first kappa shape index (κ1) is 19.2. The summed E-state index contributed by atoms with van der Waals surface area (Å²) < 4.78 is 5.78. The van der Waals surface area contributed by atoms with Crippen LogP contribution < -0.4 is 11.1 Å². The van der Waals surface area contributed by atoms with Crippen molar-refractivity contribution in [1.82, 2.24) is 0 Å². The fraction of sp³-hybridized carbons (Fsp3) is 0.227. The highest BCUT2D eigenvalue weighted by atomic mass is 35.5. The summed E-state index contributed by atoms with van der Waals surface area (Å²) in [4.78, 5) is 13.1. The third-order valence-corrected chi connectivity index (χ3v) is 5.15. The second kappa shape index (κ2) is 7.59. The van der Waals surface area contributed by atoms with E-state index >= 15 is 0 Å². The van der Waals surface area contributed by atoms with E-state index in [1.54, 1.807) is 19.2 Å². The number of methoxy groups -OCH3 is 1. The van der Waals surface area contributed by atoms with E-state index in [0.717, 1.165) is 16.8 Å². The minimum absolute atomic E-state index is 0.0213. The largest absolute Gasteiger partial charge is 0.397 e. The second-order valence-electron chi connectivity index (χ2n) is 6.76. The van der Waals surface area contributed by atoms with Gasteiger partial charge in [-0.3, -0.25) is 4.79 Å². The third kappa shape index (κ3) is 3.77. The topological polar surface area (TPSA) is 64.3 Å². The van der Waals surface area contributed by atoms with E-state index in [9.17, 15) is 4.79 Å². The smallest absolute Gasteiger partial charge is 0.177 e. The molecule has 0 spiro atoms. The summed E-state index contributed by atoms with van der Waals surface area (Å²) in [7, 11) is 1.62. The number of nitrogens with one attached hydrogen (secondary N) is 1. The number of hydrogen-bond acceptors (Lipinski definition) is 4. The minimum Gasteiger partial charge on any atom is -0.397 e. The quantitative estimate of drug-likeness (QED) is 0.327. The number of rotatable bonds is 5. The van der Waals surface area contributed by atoms with Crippen LogP contribution in [0.25, 0.3) is 0 Å². The van der Waals surface area contributed by atoms with Gasteiger partial charge in [0.25, 0.3) is 0 Å². The summed E-state index contributed by atoms with van der Waals surface area (Å²) in [6.45, 7) is 3.86. The lowest BCUT2D eigenvalue weighted by atomic mass is 9.79. The number of benzene rings is 2. The van der Waals surface area contributed by atoms with Gasteiger partial charge in [-0.2, -0.15) is 0 Å². The molecule has 0 aromatic heterocycles. The molecule has 0 amide bonds. The number of hydrogen-bond donors (Lipinski definition) is 2. The zero-order valence-electron chi connectivity index (χ0n) is 15.6. The number of nitrogen functional groups attached to an aromatic ring is 1. The van der Waals surface area contributed by atoms with Crippen molar-refractivity contribution in [2.45, 2.75) is 19.6 Å². The van der Waals surface area contributed by atoms with Crippen molar-refractivity contribution >= 4 is 28.8 Å². The van der Waals surface area contributed by atoms with E-state index in [1.165, 1.54) is 0 Å². The number of ketones is 1. The number of carbonyl (C=O) groups excluding carboxylic acids is 1. The molecule has 0 fully saturated rings. The van der Waals surface area contributed by atoms with Gasteiger partial charge in [0.1, 0.15) is 0 Å². The molecule has 0 atom stereocenters. The first-order chi connectivity index (χ1) is 12.9. The molecule has 0 saturated carbocycles. The lowest BCUT2D eigenvalue weighted by Gasteiger charge is -2.36. The molecule has 2 aromatic rings. The fourth-order valence-corrected chi connectivity index (χ4v) is 3.77. The van der Waals surface area contributed by atoms with Crippen LogP contribution in [0.1, 0.15) is 24.2 Å². The van der Waals surface area contributed by atoms with Crippen LogP contribution in [0.15, 0.2) is 71.8 Å². The van der Waals surface area contributed by atoms with Gasteiger partial charge in [0, 0.05) is 12.7 Å². The SMILES string of the molecule is COC1(Nc2ccccc2N)C=C(C)C(C(=O)c2ccccc2Cl)C(C)=C1. The Labute approximate surface area is 164 Å². The zero-order chi connectivity index (χ0) is 19.6. The number of Topliss-reactive ketones (excluding diaryl/α,β-unsaturated/α-hetero) is 1. The van der Waals surface area contributed by atoms with Crippen molar-refractivity contribution in [3.63, 3.8) is 0 Å². The Morgan fingerprint density at radius 2 is 1.67 bits per heavy atom.